The molecular formula is C15H26. The van der Waals surface area contributed by atoms with Gasteiger partial charge in [0.05, 0.1) is 0 Å². The third kappa shape index (κ3) is 2.65. The van der Waals surface area contributed by atoms with Crippen LogP contribution >= 0.6 is 0 Å². The molecule has 0 amide bonds. The summed E-state index contributed by atoms with van der Waals surface area (Å²) in [6.45, 7) is 7.35. The molecule has 0 aromatic heterocycles. The Labute approximate surface area is 95.1 Å². The molecule has 2 rings (SSSR count). The average Bonchev–Trinajstić information content (AvgIpc) is 2.17. The summed E-state index contributed by atoms with van der Waals surface area (Å²) in [6, 6.07) is 0. The molecule has 2 aliphatic rings. The lowest BCUT2D eigenvalue weighted by atomic mass is 9.65. The zero-order valence-corrected chi connectivity index (χ0v) is 10.7. The largest absolute Gasteiger partial charge is 0.0850 e. The summed E-state index contributed by atoms with van der Waals surface area (Å²) in [4.78, 5) is 0. The molecule has 0 saturated heterocycles. The molecule has 0 aromatic carbocycles. The van der Waals surface area contributed by atoms with Gasteiger partial charge in [-0.1, -0.05) is 32.4 Å². The van der Waals surface area contributed by atoms with E-state index in [9.17, 15) is 0 Å². The van der Waals surface area contributed by atoms with Gasteiger partial charge in [-0.05, 0) is 62.2 Å². The molecule has 86 valence electrons. The molecule has 0 heteroatoms. The van der Waals surface area contributed by atoms with E-state index in [4.69, 9.17) is 0 Å². The second-order valence-corrected chi connectivity index (χ2v) is 6.52. The van der Waals surface area contributed by atoms with Gasteiger partial charge in [-0.25, -0.2) is 0 Å². The molecule has 0 radical (unpaired) electrons. The zero-order chi connectivity index (χ0) is 10.9. The van der Waals surface area contributed by atoms with Gasteiger partial charge in [0, 0.05) is 0 Å². The summed E-state index contributed by atoms with van der Waals surface area (Å²) in [5, 5.41) is 0. The van der Waals surface area contributed by atoms with Gasteiger partial charge in [-0.2, -0.15) is 0 Å². The van der Waals surface area contributed by atoms with E-state index in [0.717, 1.165) is 11.8 Å². The van der Waals surface area contributed by atoms with Gasteiger partial charge in [0.2, 0.25) is 0 Å². The van der Waals surface area contributed by atoms with Gasteiger partial charge in [0.1, 0.15) is 0 Å². The molecule has 1 fully saturated rings. The number of allylic oxidation sites excluding steroid dienone is 2. The van der Waals surface area contributed by atoms with Crippen molar-refractivity contribution in [2.45, 2.75) is 65.7 Å². The van der Waals surface area contributed by atoms with E-state index in [1.807, 2.05) is 5.57 Å². The van der Waals surface area contributed by atoms with Gasteiger partial charge in [0.25, 0.3) is 0 Å². The monoisotopic (exact) mass is 206 g/mol. The van der Waals surface area contributed by atoms with Crippen LogP contribution in [0.2, 0.25) is 0 Å². The molecule has 0 bridgehead atoms. The Bertz CT molecular complexity index is 247. The van der Waals surface area contributed by atoms with Crippen LogP contribution in [-0.2, 0) is 0 Å². The van der Waals surface area contributed by atoms with Crippen molar-refractivity contribution in [1.29, 1.82) is 0 Å². The molecule has 0 heterocycles. The molecule has 0 nitrogen and oxygen atoms in total. The van der Waals surface area contributed by atoms with Crippen molar-refractivity contribution < 1.29 is 0 Å². The minimum Gasteiger partial charge on any atom is -0.0850 e. The summed E-state index contributed by atoms with van der Waals surface area (Å²) in [5.74, 6) is 1.84. The van der Waals surface area contributed by atoms with Crippen LogP contribution in [0.15, 0.2) is 11.6 Å². The number of rotatable bonds is 1. The minimum absolute atomic E-state index is 0.602. The van der Waals surface area contributed by atoms with Crippen molar-refractivity contribution in [2.75, 3.05) is 0 Å². The first kappa shape index (κ1) is 11.2. The Balaban J connectivity index is 2.02. The van der Waals surface area contributed by atoms with Crippen molar-refractivity contribution in [3.05, 3.63) is 11.6 Å². The third-order valence-corrected chi connectivity index (χ3v) is 4.50. The summed E-state index contributed by atoms with van der Waals surface area (Å²) in [7, 11) is 0. The highest BCUT2D eigenvalue weighted by Crippen LogP contribution is 2.45. The van der Waals surface area contributed by atoms with Crippen LogP contribution in [0.25, 0.3) is 0 Å². The molecule has 1 saturated carbocycles. The fourth-order valence-corrected chi connectivity index (χ4v) is 3.70. The Morgan fingerprint density at radius 2 is 2.07 bits per heavy atom. The van der Waals surface area contributed by atoms with Crippen LogP contribution < -0.4 is 0 Å². The minimum atomic E-state index is 0.602. The highest BCUT2D eigenvalue weighted by Gasteiger charge is 2.33. The fraction of sp³-hybridized carbons (Fsp3) is 0.867. The predicted octanol–water partition coefficient (Wildman–Crippen LogP) is 4.95. The maximum atomic E-state index is 2.56. The van der Waals surface area contributed by atoms with Gasteiger partial charge < -0.3 is 0 Å². The maximum absolute atomic E-state index is 2.56. The van der Waals surface area contributed by atoms with Gasteiger partial charge in [0.15, 0.2) is 0 Å². The molecule has 2 aliphatic carbocycles. The third-order valence-electron chi connectivity index (χ3n) is 4.50. The first-order valence-electron chi connectivity index (χ1n) is 6.77. The van der Waals surface area contributed by atoms with E-state index < -0.39 is 0 Å². The second-order valence-electron chi connectivity index (χ2n) is 6.52. The second kappa shape index (κ2) is 4.31. The van der Waals surface area contributed by atoms with E-state index in [1.165, 1.54) is 44.9 Å². The normalized spacial score (nSPS) is 36.1. The van der Waals surface area contributed by atoms with Crippen molar-refractivity contribution in [3.8, 4) is 0 Å². The first-order chi connectivity index (χ1) is 7.08. The van der Waals surface area contributed by atoms with E-state index in [2.05, 4.69) is 26.8 Å². The van der Waals surface area contributed by atoms with Gasteiger partial charge in [-0.3, -0.25) is 0 Å². The summed E-state index contributed by atoms with van der Waals surface area (Å²) >= 11 is 0. The van der Waals surface area contributed by atoms with E-state index >= 15 is 0 Å². The van der Waals surface area contributed by atoms with Crippen molar-refractivity contribution in [2.24, 2.45) is 17.3 Å². The van der Waals surface area contributed by atoms with Crippen molar-refractivity contribution in [1.82, 2.24) is 0 Å². The van der Waals surface area contributed by atoms with Crippen LogP contribution in [0.1, 0.15) is 65.7 Å². The Morgan fingerprint density at radius 3 is 2.67 bits per heavy atom. The number of hydrogen-bond donors (Lipinski definition) is 0. The molecule has 0 aliphatic heterocycles. The number of hydrogen-bond acceptors (Lipinski definition) is 0. The maximum Gasteiger partial charge on any atom is -0.0177 e. The van der Waals surface area contributed by atoms with Crippen LogP contribution in [0, 0.1) is 17.3 Å². The molecule has 2 unspecified atom stereocenters. The average molecular weight is 206 g/mol. The summed E-state index contributed by atoms with van der Waals surface area (Å²) < 4.78 is 0. The summed E-state index contributed by atoms with van der Waals surface area (Å²) in [5.41, 5.74) is 2.41. The smallest absolute Gasteiger partial charge is 0.0177 e. The quantitative estimate of drug-likeness (QED) is 0.532. The van der Waals surface area contributed by atoms with Gasteiger partial charge in [-0.15, -0.1) is 0 Å². The molecule has 0 N–H and O–H groups in total. The molecule has 15 heavy (non-hydrogen) atoms. The first-order valence-corrected chi connectivity index (χ1v) is 6.77. The topological polar surface area (TPSA) is 0 Å². The van der Waals surface area contributed by atoms with Gasteiger partial charge >= 0.3 is 0 Å². The lowest BCUT2D eigenvalue weighted by Gasteiger charge is -2.41. The Kier molecular flexibility index (Phi) is 3.23. The van der Waals surface area contributed by atoms with E-state index in [0.29, 0.717) is 5.41 Å². The van der Waals surface area contributed by atoms with Crippen LogP contribution in [0.5, 0.6) is 0 Å². The van der Waals surface area contributed by atoms with E-state index in [1.54, 1.807) is 0 Å². The standard InChI is InChI=1S/C15H26/c1-12-11-15(2,3)10-9-14(12)13-7-5-4-6-8-13/h7,12,14H,4-6,8-11H2,1-3H3. The predicted molar refractivity (Wildman–Crippen MR) is 66.8 cm³/mol. The molecule has 0 spiro atoms. The fourth-order valence-electron chi connectivity index (χ4n) is 3.70. The van der Waals surface area contributed by atoms with Crippen LogP contribution in [0.4, 0.5) is 0 Å². The van der Waals surface area contributed by atoms with Crippen molar-refractivity contribution >= 4 is 0 Å². The lowest BCUT2D eigenvalue weighted by Crippen LogP contribution is -2.29. The van der Waals surface area contributed by atoms with Crippen LogP contribution in [-0.4, -0.2) is 0 Å². The highest BCUT2D eigenvalue weighted by molar-refractivity contribution is 5.12. The Morgan fingerprint density at radius 1 is 1.27 bits per heavy atom. The molecule has 2 atom stereocenters. The Hall–Kier alpha value is -0.260. The van der Waals surface area contributed by atoms with Crippen LogP contribution in [0.3, 0.4) is 0 Å². The highest BCUT2D eigenvalue weighted by atomic mass is 14.4. The summed E-state index contributed by atoms with van der Waals surface area (Å²) in [6.07, 6.45) is 12.5. The van der Waals surface area contributed by atoms with Crippen molar-refractivity contribution in [3.63, 3.8) is 0 Å². The zero-order valence-electron chi connectivity index (χ0n) is 10.7. The molecule has 0 aromatic rings. The molecular weight excluding hydrogens is 180 g/mol. The van der Waals surface area contributed by atoms with E-state index in [-0.39, 0.29) is 0 Å². The lowest BCUT2D eigenvalue weighted by molar-refractivity contribution is 0.145. The SMILES string of the molecule is CC1CC(C)(C)CCC1C1=CCCCC1.